The maximum Gasteiger partial charge on any atom is 0.407 e. The van der Waals surface area contributed by atoms with Crippen LogP contribution in [0.25, 0.3) is 10.2 Å². The second-order valence-electron chi connectivity index (χ2n) is 7.38. The number of nitrogens with one attached hydrogen (secondary N) is 1. The number of rotatable bonds is 4. The van der Waals surface area contributed by atoms with E-state index in [9.17, 15) is 14.4 Å². The molecule has 1 aromatic heterocycles. The number of ketones is 1. The molecule has 2 fully saturated rings. The lowest BCUT2D eigenvalue weighted by Gasteiger charge is -2.29. The molecular weight excluding hydrogens is 424 g/mol. The van der Waals surface area contributed by atoms with Gasteiger partial charge in [0, 0.05) is 32.6 Å². The molecule has 2 amide bonds. The van der Waals surface area contributed by atoms with Crippen molar-refractivity contribution < 1.29 is 29.0 Å². The van der Waals surface area contributed by atoms with Gasteiger partial charge in [-0.3, -0.25) is 9.59 Å². The molecule has 2 saturated heterocycles. The van der Waals surface area contributed by atoms with Gasteiger partial charge in [-0.1, -0.05) is 0 Å². The van der Waals surface area contributed by atoms with Gasteiger partial charge >= 0.3 is 6.09 Å². The molecule has 2 N–H and O–H groups in total. The van der Waals surface area contributed by atoms with Crippen LogP contribution in [0.3, 0.4) is 0 Å². The van der Waals surface area contributed by atoms with E-state index < -0.39 is 18.0 Å². The first kappa shape index (κ1) is 21.3. The third-order valence-electron chi connectivity index (χ3n) is 5.53. The van der Waals surface area contributed by atoms with E-state index in [4.69, 9.17) is 14.6 Å². The van der Waals surface area contributed by atoms with Crippen LogP contribution in [-0.4, -0.2) is 85.3 Å². The van der Waals surface area contributed by atoms with E-state index in [1.165, 1.54) is 16.2 Å². The molecule has 2 aromatic rings. The van der Waals surface area contributed by atoms with Crippen molar-refractivity contribution in [2.24, 2.45) is 0 Å². The van der Waals surface area contributed by atoms with Crippen LogP contribution >= 0.6 is 11.3 Å². The maximum atomic E-state index is 12.9. The molecule has 31 heavy (non-hydrogen) atoms. The van der Waals surface area contributed by atoms with Gasteiger partial charge in [-0.2, -0.15) is 0 Å². The van der Waals surface area contributed by atoms with Crippen LogP contribution in [0, 0.1) is 0 Å². The molecule has 1 unspecified atom stereocenters. The second kappa shape index (κ2) is 9.06. The number of Topliss-reactive ketones (excluding diaryl/α,β-unsaturated/α-hetero) is 1. The molecule has 4 rings (SSSR count). The summed E-state index contributed by atoms with van der Waals surface area (Å²) in [6.07, 6.45) is -0.746. The van der Waals surface area contributed by atoms with Crippen molar-refractivity contribution in [2.45, 2.75) is 18.9 Å². The molecule has 1 atom stereocenters. The molecule has 166 valence electrons. The molecule has 0 spiro atoms. The molecule has 10 nitrogen and oxygen atoms in total. The number of morpholine rings is 1. The minimum atomic E-state index is -1.06. The van der Waals surface area contributed by atoms with Crippen LogP contribution in [0.2, 0.25) is 0 Å². The van der Waals surface area contributed by atoms with Crippen LogP contribution in [0.5, 0.6) is 5.75 Å². The summed E-state index contributed by atoms with van der Waals surface area (Å²) in [4.78, 5) is 44.4. The second-order valence-corrected chi connectivity index (χ2v) is 8.38. The van der Waals surface area contributed by atoms with Gasteiger partial charge in [-0.25, -0.2) is 9.78 Å². The summed E-state index contributed by atoms with van der Waals surface area (Å²) in [6, 6.07) is 3.07. The zero-order chi connectivity index (χ0) is 22.0. The van der Waals surface area contributed by atoms with Gasteiger partial charge < -0.3 is 29.7 Å². The Balaban J connectivity index is 1.58. The topological polar surface area (TPSA) is 121 Å². The van der Waals surface area contributed by atoms with Crippen molar-refractivity contribution in [2.75, 3.05) is 51.4 Å². The highest BCUT2D eigenvalue weighted by atomic mass is 32.1. The van der Waals surface area contributed by atoms with E-state index in [0.717, 1.165) is 23.5 Å². The number of nitrogens with zero attached hydrogens (tertiary/aromatic N) is 3. The predicted octanol–water partition coefficient (Wildman–Crippen LogP) is 1.58. The number of aromatic nitrogens is 1. The SMILES string of the molecule is COc1ccc(N2CCOCC2)c2sc(C(=O)NC3CCN(C(=O)O)CCC3=O)nc12. The number of methoxy groups -OCH3 is 1. The van der Waals surface area contributed by atoms with Crippen molar-refractivity contribution in [1.29, 1.82) is 0 Å². The number of benzene rings is 1. The molecule has 0 aliphatic carbocycles. The smallest absolute Gasteiger partial charge is 0.407 e. The van der Waals surface area contributed by atoms with E-state index in [0.29, 0.717) is 24.5 Å². The Labute approximate surface area is 182 Å². The summed E-state index contributed by atoms with van der Waals surface area (Å²) in [6.45, 7) is 3.10. The average Bonchev–Trinajstić information content (AvgIpc) is 3.15. The number of fused-ring (bicyclic) bond motifs is 1. The van der Waals surface area contributed by atoms with Crippen molar-refractivity contribution >= 4 is 45.0 Å². The van der Waals surface area contributed by atoms with Gasteiger partial charge in [0.15, 0.2) is 10.8 Å². The first-order valence-electron chi connectivity index (χ1n) is 10.1. The quantitative estimate of drug-likeness (QED) is 0.723. The third kappa shape index (κ3) is 4.42. The van der Waals surface area contributed by atoms with Crippen LogP contribution < -0.4 is 15.0 Å². The highest BCUT2D eigenvalue weighted by Crippen LogP contribution is 2.38. The lowest BCUT2D eigenvalue weighted by molar-refractivity contribution is -0.120. The Morgan fingerprint density at radius 2 is 2.03 bits per heavy atom. The van der Waals surface area contributed by atoms with Gasteiger partial charge in [0.25, 0.3) is 5.91 Å². The van der Waals surface area contributed by atoms with E-state index in [1.54, 1.807) is 7.11 Å². The molecule has 3 heterocycles. The molecular formula is C20H24N4O6S. The van der Waals surface area contributed by atoms with Crippen molar-refractivity contribution in [3.8, 4) is 5.75 Å². The van der Waals surface area contributed by atoms with Gasteiger partial charge in [-0.15, -0.1) is 11.3 Å². The minimum absolute atomic E-state index is 0.0755. The van der Waals surface area contributed by atoms with Crippen LogP contribution in [0.4, 0.5) is 10.5 Å². The monoisotopic (exact) mass is 448 g/mol. The Bertz CT molecular complexity index is 1000. The highest BCUT2D eigenvalue weighted by Gasteiger charge is 2.29. The van der Waals surface area contributed by atoms with Gasteiger partial charge in [-0.05, 0) is 18.6 Å². The first-order valence-corrected chi connectivity index (χ1v) is 10.9. The summed E-state index contributed by atoms with van der Waals surface area (Å²) < 4.78 is 11.7. The number of ether oxygens (including phenoxy) is 2. The Hall–Kier alpha value is -2.92. The number of likely N-dealkylation sites (tertiary alicyclic amines) is 1. The number of hydrogen-bond acceptors (Lipinski definition) is 8. The van der Waals surface area contributed by atoms with Crippen LogP contribution in [0.1, 0.15) is 22.6 Å². The van der Waals surface area contributed by atoms with E-state index >= 15 is 0 Å². The number of thiazole rings is 1. The number of anilines is 1. The Morgan fingerprint density at radius 1 is 1.26 bits per heavy atom. The molecule has 0 saturated carbocycles. The van der Waals surface area contributed by atoms with Gasteiger partial charge in [0.05, 0.1) is 36.8 Å². The van der Waals surface area contributed by atoms with Crippen LogP contribution in [-0.2, 0) is 9.53 Å². The highest BCUT2D eigenvalue weighted by molar-refractivity contribution is 7.21. The summed E-state index contributed by atoms with van der Waals surface area (Å²) in [5.74, 6) is -0.0481. The lowest BCUT2D eigenvalue weighted by atomic mass is 10.1. The number of amides is 2. The Morgan fingerprint density at radius 3 is 2.74 bits per heavy atom. The van der Waals surface area contributed by atoms with Crippen LogP contribution in [0.15, 0.2) is 12.1 Å². The normalized spacial score (nSPS) is 19.9. The van der Waals surface area contributed by atoms with Crippen molar-refractivity contribution in [3.05, 3.63) is 17.1 Å². The first-order chi connectivity index (χ1) is 15.0. The predicted molar refractivity (Wildman–Crippen MR) is 114 cm³/mol. The molecule has 1 aromatic carbocycles. The molecule has 2 aliphatic heterocycles. The number of carbonyl (C=O) groups is 3. The summed E-state index contributed by atoms with van der Waals surface area (Å²) in [5.41, 5.74) is 1.57. The summed E-state index contributed by atoms with van der Waals surface area (Å²) in [7, 11) is 1.56. The number of hydrogen-bond donors (Lipinski definition) is 2. The average molecular weight is 449 g/mol. The molecule has 2 aliphatic rings. The van der Waals surface area contributed by atoms with Gasteiger partial charge in [0.2, 0.25) is 0 Å². The summed E-state index contributed by atoms with van der Waals surface area (Å²) in [5, 5.41) is 12.1. The van der Waals surface area contributed by atoms with Gasteiger partial charge in [0.1, 0.15) is 11.3 Å². The standard InChI is InChI=1S/C20H24N4O6S/c1-29-15-3-2-13(23-8-10-30-11-9-23)17-16(15)22-19(31-17)18(26)21-12-4-6-24(20(27)28)7-5-14(12)25/h2-3,12H,4-11H2,1H3,(H,21,26)(H,27,28). The fourth-order valence-corrected chi connectivity index (χ4v) is 4.85. The largest absolute Gasteiger partial charge is 0.494 e. The molecule has 0 bridgehead atoms. The van der Waals surface area contributed by atoms with Crippen molar-refractivity contribution in [3.63, 3.8) is 0 Å². The number of carbonyl (C=O) groups excluding carboxylic acids is 2. The van der Waals surface area contributed by atoms with E-state index in [-0.39, 0.29) is 36.7 Å². The van der Waals surface area contributed by atoms with E-state index in [2.05, 4.69) is 15.2 Å². The Kier molecular flexibility index (Phi) is 6.23. The van der Waals surface area contributed by atoms with Crippen molar-refractivity contribution in [1.82, 2.24) is 15.2 Å². The fourth-order valence-electron chi connectivity index (χ4n) is 3.83. The lowest BCUT2D eigenvalue weighted by Crippen LogP contribution is -2.41. The molecule has 11 heteroatoms. The number of carboxylic acid groups (broad SMARTS) is 1. The fraction of sp³-hybridized carbons (Fsp3) is 0.500. The zero-order valence-corrected chi connectivity index (χ0v) is 17.9. The molecule has 0 radical (unpaired) electrons. The third-order valence-corrected chi connectivity index (χ3v) is 6.61. The summed E-state index contributed by atoms with van der Waals surface area (Å²) >= 11 is 1.25. The zero-order valence-electron chi connectivity index (χ0n) is 17.1. The van der Waals surface area contributed by atoms with E-state index in [1.807, 2.05) is 12.1 Å². The maximum absolute atomic E-state index is 12.9. The minimum Gasteiger partial charge on any atom is -0.494 e.